The third-order valence-corrected chi connectivity index (χ3v) is 3.92. The zero-order valence-electron chi connectivity index (χ0n) is 12.7. The second-order valence-corrected chi connectivity index (χ2v) is 5.52. The van der Waals surface area contributed by atoms with Crippen LogP contribution in [-0.4, -0.2) is 28.1 Å². The van der Waals surface area contributed by atoms with Gasteiger partial charge in [-0.1, -0.05) is 12.1 Å². The van der Waals surface area contributed by atoms with Gasteiger partial charge >= 0.3 is 5.97 Å². The average molecular weight is 312 g/mol. The molecule has 2 aromatic rings. The van der Waals surface area contributed by atoms with E-state index in [0.29, 0.717) is 5.56 Å². The summed E-state index contributed by atoms with van der Waals surface area (Å²) in [5.74, 6) is -0.979. The highest BCUT2D eigenvalue weighted by Crippen LogP contribution is 2.23. The molecule has 0 atom stereocenters. The molecule has 6 heteroatoms. The van der Waals surface area contributed by atoms with Gasteiger partial charge in [-0.15, -0.1) is 0 Å². The average Bonchev–Trinajstić information content (AvgIpc) is 3.02. The number of hydrogen-bond donors (Lipinski definition) is 0. The van der Waals surface area contributed by atoms with Crippen molar-refractivity contribution in [1.29, 1.82) is 0 Å². The molecular formula is C17H16N2O4. The highest BCUT2D eigenvalue weighted by molar-refractivity contribution is 5.99. The van der Waals surface area contributed by atoms with E-state index in [-0.39, 0.29) is 23.6 Å². The van der Waals surface area contributed by atoms with Crippen LogP contribution < -0.4 is 5.56 Å². The summed E-state index contributed by atoms with van der Waals surface area (Å²) in [6.45, 7) is -0.345. The Balaban J connectivity index is 1.65. The van der Waals surface area contributed by atoms with Crippen LogP contribution in [0, 0.1) is 0 Å². The van der Waals surface area contributed by atoms with Crippen molar-refractivity contribution in [2.24, 2.45) is 7.05 Å². The van der Waals surface area contributed by atoms with Gasteiger partial charge in [0.25, 0.3) is 5.56 Å². The van der Waals surface area contributed by atoms with Crippen molar-refractivity contribution in [3.05, 3.63) is 63.1 Å². The number of hydrogen-bond acceptors (Lipinski definition) is 5. The molecule has 1 aromatic carbocycles. The summed E-state index contributed by atoms with van der Waals surface area (Å²) in [5, 5.41) is 3.79. The van der Waals surface area contributed by atoms with E-state index in [4.69, 9.17) is 4.74 Å². The Kier molecular flexibility index (Phi) is 4.06. The number of ketones is 1. The third-order valence-electron chi connectivity index (χ3n) is 3.92. The number of carbonyl (C=O) groups excluding carboxylic acids is 2. The summed E-state index contributed by atoms with van der Waals surface area (Å²) in [6, 6.07) is 8.12. The fraction of sp³-hybridized carbons (Fsp3) is 0.294. The summed E-state index contributed by atoms with van der Waals surface area (Å²) < 4.78 is 6.03. The van der Waals surface area contributed by atoms with E-state index in [1.54, 1.807) is 6.07 Å². The lowest BCUT2D eigenvalue weighted by Gasteiger charge is -2.06. The van der Waals surface area contributed by atoms with Crippen molar-refractivity contribution in [2.75, 3.05) is 6.61 Å². The highest BCUT2D eigenvalue weighted by Gasteiger charge is 2.16. The summed E-state index contributed by atoms with van der Waals surface area (Å²) >= 11 is 0. The molecule has 118 valence electrons. The number of carbonyl (C=O) groups is 2. The molecule has 1 heterocycles. The maximum atomic E-state index is 12.1. The standard InChI is InChI=1S/C17H16N2O4/c1-19-16(21)8-7-14(18-19)17(22)23-10-15(20)13-6-5-11-3-2-4-12(11)9-13/h5-9H,2-4,10H2,1H3. The van der Waals surface area contributed by atoms with Gasteiger partial charge in [-0.25, -0.2) is 9.48 Å². The molecule has 0 aliphatic heterocycles. The van der Waals surface area contributed by atoms with Crippen LogP contribution in [0.2, 0.25) is 0 Å². The predicted molar refractivity (Wildman–Crippen MR) is 82.6 cm³/mol. The number of fused-ring (bicyclic) bond motifs is 1. The van der Waals surface area contributed by atoms with Crippen molar-refractivity contribution < 1.29 is 14.3 Å². The molecule has 1 aliphatic rings. The van der Waals surface area contributed by atoms with Crippen LogP contribution >= 0.6 is 0 Å². The molecule has 0 spiro atoms. The minimum absolute atomic E-state index is 0.00569. The van der Waals surface area contributed by atoms with Gasteiger partial charge in [0.15, 0.2) is 18.1 Å². The van der Waals surface area contributed by atoms with E-state index in [1.807, 2.05) is 12.1 Å². The molecule has 0 amide bonds. The Morgan fingerprint density at radius 1 is 1.17 bits per heavy atom. The number of ether oxygens (including phenoxy) is 1. The van der Waals surface area contributed by atoms with Crippen molar-refractivity contribution in [3.8, 4) is 0 Å². The maximum absolute atomic E-state index is 12.1. The van der Waals surface area contributed by atoms with Crippen molar-refractivity contribution in [3.63, 3.8) is 0 Å². The van der Waals surface area contributed by atoms with Gasteiger partial charge in [0, 0.05) is 18.7 Å². The lowest BCUT2D eigenvalue weighted by Crippen LogP contribution is -2.23. The van der Waals surface area contributed by atoms with Gasteiger partial charge in [-0.2, -0.15) is 5.10 Å². The van der Waals surface area contributed by atoms with Crippen molar-refractivity contribution in [2.45, 2.75) is 19.3 Å². The largest absolute Gasteiger partial charge is 0.453 e. The number of rotatable bonds is 4. The van der Waals surface area contributed by atoms with Gasteiger partial charge in [0.05, 0.1) is 0 Å². The van der Waals surface area contributed by atoms with E-state index in [2.05, 4.69) is 5.10 Å². The zero-order valence-corrected chi connectivity index (χ0v) is 12.7. The number of Topliss-reactive ketones (excluding diaryl/α,β-unsaturated/α-hetero) is 1. The molecule has 0 bridgehead atoms. The van der Waals surface area contributed by atoms with Gasteiger partial charge in [-0.3, -0.25) is 9.59 Å². The number of benzene rings is 1. The Morgan fingerprint density at radius 3 is 2.74 bits per heavy atom. The third kappa shape index (κ3) is 3.21. The lowest BCUT2D eigenvalue weighted by atomic mass is 10.0. The fourth-order valence-corrected chi connectivity index (χ4v) is 2.64. The summed E-state index contributed by atoms with van der Waals surface area (Å²) in [6.07, 6.45) is 3.15. The Bertz CT molecular complexity index is 839. The molecule has 0 unspecified atom stereocenters. The van der Waals surface area contributed by atoms with E-state index >= 15 is 0 Å². The minimum Gasteiger partial charge on any atom is -0.453 e. The van der Waals surface area contributed by atoms with E-state index < -0.39 is 5.97 Å². The number of esters is 1. The summed E-state index contributed by atoms with van der Waals surface area (Å²) in [7, 11) is 1.44. The van der Waals surface area contributed by atoms with Crippen LogP contribution in [0.5, 0.6) is 0 Å². The van der Waals surface area contributed by atoms with Gasteiger partial charge in [0.1, 0.15) is 0 Å². The van der Waals surface area contributed by atoms with Gasteiger partial charge < -0.3 is 4.74 Å². The molecule has 23 heavy (non-hydrogen) atoms. The number of aromatic nitrogens is 2. The molecule has 1 aliphatic carbocycles. The lowest BCUT2D eigenvalue weighted by molar-refractivity contribution is 0.0466. The number of aryl methyl sites for hydroxylation is 3. The molecule has 0 saturated carbocycles. The van der Waals surface area contributed by atoms with Crippen LogP contribution in [0.1, 0.15) is 38.4 Å². The molecule has 0 N–H and O–H groups in total. The SMILES string of the molecule is Cn1nc(C(=O)OCC(=O)c2ccc3c(c2)CCC3)ccc1=O. The molecule has 1 aromatic heterocycles. The monoisotopic (exact) mass is 312 g/mol. The molecule has 0 fully saturated rings. The maximum Gasteiger partial charge on any atom is 0.359 e. The summed E-state index contributed by atoms with van der Waals surface area (Å²) in [5.41, 5.74) is 2.70. The molecule has 0 saturated heterocycles. The van der Waals surface area contributed by atoms with Gasteiger partial charge in [-0.05, 0) is 42.5 Å². The van der Waals surface area contributed by atoms with E-state index in [0.717, 1.165) is 23.9 Å². The van der Waals surface area contributed by atoms with Crippen LogP contribution in [0.4, 0.5) is 0 Å². The second-order valence-electron chi connectivity index (χ2n) is 5.52. The van der Waals surface area contributed by atoms with Crippen LogP contribution in [-0.2, 0) is 24.6 Å². The quantitative estimate of drug-likeness (QED) is 0.628. The fourth-order valence-electron chi connectivity index (χ4n) is 2.64. The first-order chi connectivity index (χ1) is 11.0. The first-order valence-corrected chi connectivity index (χ1v) is 7.41. The van der Waals surface area contributed by atoms with E-state index in [9.17, 15) is 14.4 Å². The number of nitrogens with zero attached hydrogens (tertiary/aromatic N) is 2. The van der Waals surface area contributed by atoms with Crippen LogP contribution in [0.25, 0.3) is 0 Å². The Labute approximate surface area is 132 Å². The smallest absolute Gasteiger partial charge is 0.359 e. The van der Waals surface area contributed by atoms with Crippen molar-refractivity contribution in [1.82, 2.24) is 9.78 Å². The topological polar surface area (TPSA) is 78.3 Å². The molecule has 0 radical (unpaired) electrons. The molecular weight excluding hydrogens is 296 g/mol. The predicted octanol–water partition coefficient (Wildman–Crippen LogP) is 1.31. The second kappa shape index (κ2) is 6.16. The Morgan fingerprint density at radius 2 is 1.96 bits per heavy atom. The minimum atomic E-state index is -0.727. The van der Waals surface area contributed by atoms with Crippen LogP contribution in [0.3, 0.4) is 0 Å². The molecule has 3 rings (SSSR count). The summed E-state index contributed by atoms with van der Waals surface area (Å²) in [4.78, 5) is 35.3. The first-order valence-electron chi connectivity index (χ1n) is 7.41. The zero-order chi connectivity index (χ0) is 16.4. The molecule has 6 nitrogen and oxygen atoms in total. The highest BCUT2D eigenvalue weighted by atomic mass is 16.5. The van der Waals surface area contributed by atoms with Crippen molar-refractivity contribution >= 4 is 11.8 Å². The normalized spacial score (nSPS) is 12.7. The van der Waals surface area contributed by atoms with Gasteiger partial charge in [0.2, 0.25) is 0 Å². The Hall–Kier alpha value is -2.76. The first kappa shape index (κ1) is 15.1. The van der Waals surface area contributed by atoms with Crippen LogP contribution in [0.15, 0.2) is 35.1 Å². The van der Waals surface area contributed by atoms with E-state index in [1.165, 1.54) is 30.3 Å².